The van der Waals surface area contributed by atoms with Gasteiger partial charge in [0.1, 0.15) is 5.82 Å². The number of nitrogens with one attached hydrogen (secondary N) is 1. The van der Waals surface area contributed by atoms with Gasteiger partial charge in [0.05, 0.1) is 7.11 Å². The molecule has 2 aromatic heterocycles. The molecule has 0 amide bonds. The van der Waals surface area contributed by atoms with Crippen LogP contribution in [0.2, 0.25) is 0 Å². The maximum Gasteiger partial charge on any atom is 0.225 e. The molecule has 2 aromatic rings. The molecule has 1 N–H and O–H groups in total. The van der Waals surface area contributed by atoms with Crippen molar-refractivity contribution in [3.8, 4) is 5.88 Å². The maximum atomic E-state index is 5.08. The number of aromatic nitrogens is 4. The predicted molar refractivity (Wildman–Crippen MR) is 71.1 cm³/mol. The van der Waals surface area contributed by atoms with E-state index in [1.807, 2.05) is 12.4 Å². The van der Waals surface area contributed by atoms with Crippen LogP contribution in [-0.4, -0.2) is 33.2 Å². The fourth-order valence-electron chi connectivity index (χ4n) is 2.38. The molecule has 1 aliphatic heterocycles. The Bertz CT molecular complexity index is 553. The molecule has 6 nitrogen and oxygen atoms in total. The lowest BCUT2D eigenvalue weighted by atomic mass is 9.99. The Kier molecular flexibility index (Phi) is 3.31. The largest absolute Gasteiger partial charge is 0.481 e. The molecule has 3 rings (SSSR count). The van der Waals surface area contributed by atoms with Crippen molar-refractivity contribution in [3.63, 3.8) is 0 Å². The zero-order chi connectivity index (χ0) is 13.1. The topological polar surface area (TPSA) is 64.9 Å². The van der Waals surface area contributed by atoms with E-state index in [0.29, 0.717) is 17.7 Å². The van der Waals surface area contributed by atoms with Gasteiger partial charge in [-0.25, -0.2) is 9.97 Å². The van der Waals surface area contributed by atoms with E-state index >= 15 is 0 Å². The monoisotopic (exact) mass is 259 g/mol. The van der Waals surface area contributed by atoms with Gasteiger partial charge in [-0.2, -0.15) is 4.98 Å². The highest BCUT2D eigenvalue weighted by molar-refractivity contribution is 5.27. The highest BCUT2D eigenvalue weighted by Crippen LogP contribution is 2.19. The first-order chi connectivity index (χ1) is 9.35. The van der Waals surface area contributed by atoms with Crippen molar-refractivity contribution in [2.45, 2.75) is 19.4 Å². The second-order valence-corrected chi connectivity index (χ2v) is 4.70. The molecule has 0 aliphatic carbocycles. The van der Waals surface area contributed by atoms with Crippen molar-refractivity contribution in [1.82, 2.24) is 19.5 Å². The Hall–Kier alpha value is -2.11. The van der Waals surface area contributed by atoms with E-state index in [4.69, 9.17) is 4.74 Å². The van der Waals surface area contributed by atoms with Crippen LogP contribution in [-0.2, 0) is 13.0 Å². The number of imidazole rings is 1. The first kappa shape index (κ1) is 12.0. The Morgan fingerprint density at radius 2 is 2.37 bits per heavy atom. The van der Waals surface area contributed by atoms with E-state index in [2.05, 4.69) is 24.8 Å². The lowest BCUT2D eigenvalue weighted by Crippen LogP contribution is -2.26. The molecule has 0 radical (unpaired) electrons. The minimum Gasteiger partial charge on any atom is -0.481 e. The summed E-state index contributed by atoms with van der Waals surface area (Å²) >= 11 is 0. The summed E-state index contributed by atoms with van der Waals surface area (Å²) in [5, 5.41) is 3.28. The standard InChI is InChI=1S/C13H17N5O/c1-19-12-4-5-15-13(17-12)16-8-10-2-3-11-14-6-7-18(11)9-10/h4-7,10H,2-3,8-9H2,1H3,(H,15,16,17)/t10-/m1/s1. The number of anilines is 1. The van der Waals surface area contributed by atoms with Gasteiger partial charge in [-0.15, -0.1) is 0 Å². The third kappa shape index (κ3) is 2.67. The van der Waals surface area contributed by atoms with E-state index in [0.717, 1.165) is 25.9 Å². The summed E-state index contributed by atoms with van der Waals surface area (Å²) in [6.07, 6.45) is 7.80. The number of hydrogen-bond acceptors (Lipinski definition) is 5. The van der Waals surface area contributed by atoms with Gasteiger partial charge in [-0.05, 0) is 12.3 Å². The van der Waals surface area contributed by atoms with Crippen molar-refractivity contribution < 1.29 is 4.74 Å². The molecular formula is C13H17N5O. The smallest absolute Gasteiger partial charge is 0.225 e. The molecule has 3 heterocycles. The Balaban J connectivity index is 1.58. The number of hydrogen-bond donors (Lipinski definition) is 1. The lowest BCUT2D eigenvalue weighted by Gasteiger charge is -2.23. The van der Waals surface area contributed by atoms with E-state index in [1.54, 1.807) is 19.4 Å². The second-order valence-electron chi connectivity index (χ2n) is 4.70. The summed E-state index contributed by atoms with van der Waals surface area (Å²) in [4.78, 5) is 12.8. The van der Waals surface area contributed by atoms with Crippen LogP contribution in [0.5, 0.6) is 5.88 Å². The summed E-state index contributed by atoms with van der Waals surface area (Å²) < 4.78 is 7.30. The lowest BCUT2D eigenvalue weighted by molar-refractivity contribution is 0.379. The quantitative estimate of drug-likeness (QED) is 0.898. The van der Waals surface area contributed by atoms with Crippen LogP contribution in [0.1, 0.15) is 12.2 Å². The molecule has 1 atom stereocenters. The molecule has 0 saturated heterocycles. The molecule has 0 fully saturated rings. The van der Waals surface area contributed by atoms with E-state index < -0.39 is 0 Å². The highest BCUT2D eigenvalue weighted by atomic mass is 16.5. The first-order valence-corrected chi connectivity index (χ1v) is 6.46. The molecule has 0 spiro atoms. The third-order valence-electron chi connectivity index (χ3n) is 3.42. The zero-order valence-electron chi connectivity index (χ0n) is 10.9. The fraction of sp³-hybridized carbons (Fsp3) is 0.462. The van der Waals surface area contributed by atoms with Crippen molar-refractivity contribution in [2.24, 2.45) is 5.92 Å². The van der Waals surface area contributed by atoms with Gasteiger partial charge in [0.2, 0.25) is 11.8 Å². The molecule has 0 bridgehead atoms. The van der Waals surface area contributed by atoms with Gasteiger partial charge in [-0.3, -0.25) is 0 Å². The Morgan fingerprint density at radius 1 is 1.42 bits per heavy atom. The average Bonchev–Trinajstić information content (AvgIpc) is 2.93. The number of ether oxygens (including phenoxy) is 1. The van der Waals surface area contributed by atoms with Crippen LogP contribution in [0, 0.1) is 5.92 Å². The van der Waals surface area contributed by atoms with Gasteiger partial charge < -0.3 is 14.6 Å². The van der Waals surface area contributed by atoms with Crippen molar-refractivity contribution in [1.29, 1.82) is 0 Å². The number of methoxy groups -OCH3 is 1. The SMILES string of the molecule is COc1ccnc(NC[C@H]2CCc3nccn3C2)n1. The summed E-state index contributed by atoms with van der Waals surface area (Å²) in [5.74, 6) is 2.97. The average molecular weight is 259 g/mol. The van der Waals surface area contributed by atoms with Gasteiger partial charge in [-0.1, -0.05) is 0 Å². The third-order valence-corrected chi connectivity index (χ3v) is 3.42. The van der Waals surface area contributed by atoms with Crippen LogP contribution < -0.4 is 10.1 Å². The fourth-order valence-corrected chi connectivity index (χ4v) is 2.38. The zero-order valence-corrected chi connectivity index (χ0v) is 10.9. The Morgan fingerprint density at radius 3 is 3.26 bits per heavy atom. The van der Waals surface area contributed by atoms with Gasteiger partial charge in [0, 0.05) is 44.2 Å². The molecular weight excluding hydrogens is 242 g/mol. The van der Waals surface area contributed by atoms with E-state index in [-0.39, 0.29) is 0 Å². The highest BCUT2D eigenvalue weighted by Gasteiger charge is 2.18. The number of rotatable bonds is 4. The molecule has 6 heteroatoms. The summed E-state index contributed by atoms with van der Waals surface area (Å²) in [6, 6.07) is 1.74. The second kappa shape index (κ2) is 5.26. The molecule has 19 heavy (non-hydrogen) atoms. The minimum absolute atomic E-state index is 0.580. The van der Waals surface area contributed by atoms with E-state index in [9.17, 15) is 0 Å². The number of aryl methyl sites for hydroxylation is 1. The predicted octanol–water partition coefficient (Wildman–Crippen LogP) is 1.36. The molecule has 100 valence electrons. The van der Waals surface area contributed by atoms with Gasteiger partial charge >= 0.3 is 0 Å². The van der Waals surface area contributed by atoms with Crippen LogP contribution in [0.15, 0.2) is 24.7 Å². The molecule has 0 unspecified atom stereocenters. The Labute approximate surface area is 111 Å². The molecule has 1 aliphatic rings. The van der Waals surface area contributed by atoms with Crippen molar-refractivity contribution >= 4 is 5.95 Å². The maximum absolute atomic E-state index is 5.08. The van der Waals surface area contributed by atoms with Crippen LogP contribution in [0.25, 0.3) is 0 Å². The molecule has 0 aromatic carbocycles. The molecule has 0 saturated carbocycles. The summed E-state index contributed by atoms with van der Waals surface area (Å²) in [6.45, 7) is 1.87. The normalized spacial score (nSPS) is 17.8. The number of fused-ring (bicyclic) bond motifs is 1. The summed E-state index contributed by atoms with van der Waals surface area (Å²) in [7, 11) is 1.60. The van der Waals surface area contributed by atoms with Gasteiger partial charge in [0.25, 0.3) is 0 Å². The minimum atomic E-state index is 0.580. The van der Waals surface area contributed by atoms with E-state index in [1.165, 1.54) is 5.82 Å². The van der Waals surface area contributed by atoms with Crippen molar-refractivity contribution in [2.75, 3.05) is 19.0 Å². The van der Waals surface area contributed by atoms with Crippen LogP contribution in [0.3, 0.4) is 0 Å². The summed E-state index contributed by atoms with van der Waals surface area (Å²) in [5.41, 5.74) is 0. The number of nitrogens with zero attached hydrogens (tertiary/aromatic N) is 4. The van der Waals surface area contributed by atoms with Crippen LogP contribution >= 0.6 is 0 Å². The van der Waals surface area contributed by atoms with Gasteiger partial charge in [0.15, 0.2) is 0 Å². The van der Waals surface area contributed by atoms with Crippen LogP contribution in [0.4, 0.5) is 5.95 Å². The first-order valence-electron chi connectivity index (χ1n) is 6.46. The van der Waals surface area contributed by atoms with Crippen molar-refractivity contribution in [3.05, 3.63) is 30.5 Å².